The van der Waals surface area contributed by atoms with Crippen LogP contribution in [0.5, 0.6) is 0 Å². The molecule has 0 aromatic carbocycles. The Balaban J connectivity index is 2.63. The minimum Gasteiger partial charge on any atom is -0.384 e. The zero-order valence-electron chi connectivity index (χ0n) is 9.40. The van der Waals surface area contributed by atoms with E-state index in [0.29, 0.717) is 6.54 Å². The summed E-state index contributed by atoms with van der Waals surface area (Å²) in [6, 6.07) is 0.122. The fourth-order valence-corrected chi connectivity index (χ4v) is 3.51. The van der Waals surface area contributed by atoms with E-state index in [1.807, 2.05) is 6.92 Å². The predicted molar refractivity (Wildman–Crippen MR) is 59.3 cm³/mol. The fourth-order valence-electron chi connectivity index (χ4n) is 1.87. The van der Waals surface area contributed by atoms with Gasteiger partial charge >= 0.3 is 0 Å². The van der Waals surface area contributed by atoms with E-state index in [0.717, 1.165) is 19.5 Å². The van der Waals surface area contributed by atoms with Crippen LogP contribution in [0.15, 0.2) is 0 Å². The van der Waals surface area contributed by atoms with Crippen LogP contribution < -0.4 is 5.32 Å². The molecule has 1 N–H and O–H groups in total. The van der Waals surface area contributed by atoms with Crippen LogP contribution in [-0.2, 0) is 14.8 Å². The quantitative estimate of drug-likeness (QED) is 0.684. The zero-order chi connectivity index (χ0) is 11.3. The summed E-state index contributed by atoms with van der Waals surface area (Å²) in [5, 5.41) is 3.18. The lowest BCUT2D eigenvalue weighted by atomic mass is 10.3. The number of ether oxygens (including phenoxy) is 1. The van der Waals surface area contributed by atoms with Crippen LogP contribution in [0.3, 0.4) is 0 Å². The maximum Gasteiger partial charge on any atom is 0.216 e. The van der Waals surface area contributed by atoms with Gasteiger partial charge < -0.3 is 10.1 Å². The van der Waals surface area contributed by atoms with Crippen molar-refractivity contribution in [2.24, 2.45) is 0 Å². The Morgan fingerprint density at radius 1 is 1.53 bits per heavy atom. The van der Waals surface area contributed by atoms with Gasteiger partial charge in [0, 0.05) is 26.2 Å². The van der Waals surface area contributed by atoms with Crippen molar-refractivity contribution in [1.82, 2.24) is 9.62 Å². The number of sulfonamides is 1. The molecule has 5 nitrogen and oxygen atoms in total. The van der Waals surface area contributed by atoms with E-state index in [-0.39, 0.29) is 18.4 Å². The molecule has 1 atom stereocenters. The lowest BCUT2D eigenvalue weighted by molar-refractivity contribution is 0.214. The topological polar surface area (TPSA) is 58.6 Å². The lowest BCUT2D eigenvalue weighted by Crippen LogP contribution is -2.43. The Morgan fingerprint density at radius 2 is 2.27 bits per heavy atom. The molecule has 0 radical (unpaired) electrons. The summed E-state index contributed by atoms with van der Waals surface area (Å²) in [5.74, 6) is 0.0772. The molecule has 6 heteroatoms. The van der Waals surface area contributed by atoms with Crippen LogP contribution in [0.2, 0.25) is 0 Å². The van der Waals surface area contributed by atoms with Crippen molar-refractivity contribution in [3.8, 4) is 0 Å². The lowest BCUT2D eigenvalue weighted by Gasteiger charge is -2.26. The highest BCUT2D eigenvalue weighted by Gasteiger charge is 2.30. The van der Waals surface area contributed by atoms with Crippen molar-refractivity contribution >= 4 is 10.0 Å². The molecule has 15 heavy (non-hydrogen) atoms. The molecule has 1 fully saturated rings. The highest BCUT2D eigenvalue weighted by molar-refractivity contribution is 7.89. The predicted octanol–water partition coefficient (Wildman–Crippen LogP) is -0.354. The number of nitrogens with zero attached hydrogens (tertiary/aromatic N) is 1. The van der Waals surface area contributed by atoms with E-state index in [1.165, 1.54) is 7.11 Å². The standard InChI is InChI=1S/C9H20N2O3S/c1-3-11(9-4-5-10-8-9)15(12,13)7-6-14-2/h9-10H,3-8H2,1-2H3. The summed E-state index contributed by atoms with van der Waals surface area (Å²) >= 11 is 0. The van der Waals surface area contributed by atoms with Crippen LogP contribution in [-0.4, -0.2) is 57.9 Å². The van der Waals surface area contributed by atoms with Crippen molar-refractivity contribution in [1.29, 1.82) is 0 Å². The van der Waals surface area contributed by atoms with Gasteiger partial charge in [0.15, 0.2) is 0 Å². The van der Waals surface area contributed by atoms with E-state index in [2.05, 4.69) is 5.32 Å². The molecule has 0 saturated carbocycles. The van der Waals surface area contributed by atoms with Gasteiger partial charge in [-0.05, 0) is 13.0 Å². The summed E-state index contributed by atoms with van der Waals surface area (Å²) in [4.78, 5) is 0. The van der Waals surface area contributed by atoms with E-state index in [9.17, 15) is 8.42 Å². The van der Waals surface area contributed by atoms with Gasteiger partial charge in [-0.15, -0.1) is 0 Å². The van der Waals surface area contributed by atoms with Crippen LogP contribution in [0, 0.1) is 0 Å². The largest absolute Gasteiger partial charge is 0.384 e. The molecule has 1 rings (SSSR count). The van der Waals surface area contributed by atoms with Crippen LogP contribution in [0.4, 0.5) is 0 Å². The normalized spacial score (nSPS) is 22.5. The number of likely N-dealkylation sites (N-methyl/N-ethyl adjacent to an activating group) is 1. The zero-order valence-corrected chi connectivity index (χ0v) is 10.2. The second kappa shape index (κ2) is 5.79. The number of hydrogen-bond donors (Lipinski definition) is 1. The van der Waals surface area contributed by atoms with E-state index < -0.39 is 10.0 Å². The minimum atomic E-state index is -3.15. The molecule has 0 spiro atoms. The Hall–Kier alpha value is -0.170. The first-order valence-corrected chi connectivity index (χ1v) is 6.92. The molecule has 0 amide bonds. The average Bonchev–Trinajstić information content (AvgIpc) is 2.69. The molecule has 1 heterocycles. The third-order valence-electron chi connectivity index (χ3n) is 2.66. The van der Waals surface area contributed by atoms with Crippen molar-refractivity contribution in [3.05, 3.63) is 0 Å². The van der Waals surface area contributed by atoms with Crippen LogP contribution in [0.25, 0.3) is 0 Å². The highest BCUT2D eigenvalue weighted by Crippen LogP contribution is 2.13. The fraction of sp³-hybridized carbons (Fsp3) is 1.00. The molecule has 0 aliphatic carbocycles. The third-order valence-corrected chi connectivity index (χ3v) is 4.61. The molecule has 1 aliphatic rings. The van der Waals surface area contributed by atoms with Gasteiger partial charge in [0.05, 0.1) is 12.4 Å². The smallest absolute Gasteiger partial charge is 0.216 e. The van der Waals surface area contributed by atoms with Gasteiger partial charge in [0.1, 0.15) is 0 Å². The molecule has 1 aliphatic heterocycles. The second-order valence-corrected chi connectivity index (χ2v) is 5.70. The molecular weight excluding hydrogens is 216 g/mol. The molecule has 0 aromatic rings. The van der Waals surface area contributed by atoms with E-state index >= 15 is 0 Å². The summed E-state index contributed by atoms with van der Waals surface area (Å²) in [6.07, 6.45) is 0.903. The van der Waals surface area contributed by atoms with Crippen molar-refractivity contribution < 1.29 is 13.2 Å². The number of nitrogens with one attached hydrogen (secondary N) is 1. The average molecular weight is 236 g/mol. The van der Waals surface area contributed by atoms with E-state index in [4.69, 9.17) is 4.74 Å². The maximum atomic E-state index is 11.9. The monoisotopic (exact) mass is 236 g/mol. The second-order valence-electron chi connectivity index (χ2n) is 3.66. The Morgan fingerprint density at radius 3 is 2.73 bits per heavy atom. The molecule has 0 aromatic heterocycles. The van der Waals surface area contributed by atoms with Gasteiger partial charge in [0.25, 0.3) is 0 Å². The minimum absolute atomic E-state index is 0.0772. The Kier molecular flexibility index (Phi) is 4.98. The van der Waals surface area contributed by atoms with Gasteiger partial charge in [-0.25, -0.2) is 8.42 Å². The van der Waals surface area contributed by atoms with Gasteiger partial charge in [0.2, 0.25) is 10.0 Å². The van der Waals surface area contributed by atoms with Gasteiger partial charge in [-0.1, -0.05) is 6.92 Å². The number of rotatable bonds is 6. The van der Waals surface area contributed by atoms with Crippen molar-refractivity contribution in [2.75, 3.05) is 39.1 Å². The number of methoxy groups -OCH3 is 1. The highest BCUT2D eigenvalue weighted by atomic mass is 32.2. The SMILES string of the molecule is CCN(C1CCNC1)S(=O)(=O)CCOC. The first-order valence-electron chi connectivity index (χ1n) is 5.31. The first kappa shape index (κ1) is 12.9. The maximum absolute atomic E-state index is 11.9. The summed E-state index contributed by atoms with van der Waals surface area (Å²) < 4.78 is 30.3. The molecule has 1 unspecified atom stereocenters. The Labute approximate surface area is 91.8 Å². The molecule has 1 saturated heterocycles. The summed E-state index contributed by atoms with van der Waals surface area (Å²) in [7, 11) is -1.63. The van der Waals surface area contributed by atoms with Crippen LogP contribution in [0.1, 0.15) is 13.3 Å². The van der Waals surface area contributed by atoms with Gasteiger partial charge in [-0.2, -0.15) is 4.31 Å². The Bertz CT molecular complexity index is 273. The number of hydrogen-bond acceptors (Lipinski definition) is 4. The van der Waals surface area contributed by atoms with E-state index in [1.54, 1.807) is 4.31 Å². The third kappa shape index (κ3) is 3.41. The van der Waals surface area contributed by atoms with Gasteiger partial charge in [-0.3, -0.25) is 0 Å². The van der Waals surface area contributed by atoms with Crippen LogP contribution >= 0.6 is 0 Å². The molecule has 90 valence electrons. The molecule has 0 bridgehead atoms. The summed E-state index contributed by atoms with van der Waals surface area (Å²) in [6.45, 7) is 4.35. The summed E-state index contributed by atoms with van der Waals surface area (Å²) in [5.41, 5.74) is 0. The first-order chi connectivity index (χ1) is 7.11. The van der Waals surface area contributed by atoms with Crippen molar-refractivity contribution in [2.45, 2.75) is 19.4 Å². The van der Waals surface area contributed by atoms with Crippen molar-refractivity contribution in [3.63, 3.8) is 0 Å². The molecular formula is C9H20N2O3S.